The SMILES string of the molecule is CC1(C)CCC(Nc2cc(F)c(F)cc2F)C1. The molecule has 0 radical (unpaired) electrons. The van der Waals surface area contributed by atoms with Gasteiger partial charge in [0.05, 0.1) is 5.69 Å². The van der Waals surface area contributed by atoms with Crippen LogP contribution in [-0.4, -0.2) is 6.04 Å². The van der Waals surface area contributed by atoms with Crippen molar-refractivity contribution in [3.63, 3.8) is 0 Å². The van der Waals surface area contributed by atoms with Crippen molar-refractivity contribution in [1.29, 1.82) is 0 Å². The summed E-state index contributed by atoms with van der Waals surface area (Å²) in [4.78, 5) is 0. The molecule has 1 aliphatic carbocycles. The molecule has 0 bridgehead atoms. The normalized spacial score (nSPS) is 22.8. The van der Waals surface area contributed by atoms with Gasteiger partial charge in [-0.2, -0.15) is 0 Å². The maximum Gasteiger partial charge on any atom is 0.161 e. The minimum atomic E-state index is -1.15. The fourth-order valence-corrected chi connectivity index (χ4v) is 2.41. The molecule has 1 N–H and O–H groups in total. The Bertz CT molecular complexity index is 429. The van der Waals surface area contributed by atoms with Crippen molar-refractivity contribution in [3.05, 3.63) is 29.6 Å². The molecular weight excluding hydrogens is 227 g/mol. The minimum absolute atomic E-state index is 0.0478. The van der Waals surface area contributed by atoms with Crippen LogP contribution in [0.3, 0.4) is 0 Å². The number of nitrogens with one attached hydrogen (secondary N) is 1. The average Bonchev–Trinajstić information content (AvgIpc) is 2.54. The van der Waals surface area contributed by atoms with Crippen molar-refractivity contribution >= 4 is 5.69 Å². The van der Waals surface area contributed by atoms with Gasteiger partial charge in [-0.15, -0.1) is 0 Å². The lowest BCUT2D eigenvalue weighted by molar-refractivity contribution is 0.378. The predicted octanol–water partition coefficient (Wildman–Crippen LogP) is 4.09. The molecule has 94 valence electrons. The van der Waals surface area contributed by atoms with Crippen LogP contribution < -0.4 is 5.32 Å². The summed E-state index contributed by atoms with van der Waals surface area (Å²) < 4.78 is 39.2. The molecule has 0 amide bonds. The van der Waals surface area contributed by atoms with Crippen LogP contribution in [0.1, 0.15) is 33.1 Å². The zero-order valence-corrected chi connectivity index (χ0v) is 9.99. The summed E-state index contributed by atoms with van der Waals surface area (Å²) in [5.74, 6) is -2.92. The highest BCUT2D eigenvalue weighted by Crippen LogP contribution is 2.38. The molecule has 0 heterocycles. The molecule has 17 heavy (non-hydrogen) atoms. The molecule has 1 aliphatic rings. The number of halogens is 3. The van der Waals surface area contributed by atoms with Crippen LogP contribution in [0.25, 0.3) is 0 Å². The summed E-state index contributed by atoms with van der Waals surface area (Å²) in [5, 5.41) is 2.95. The van der Waals surface area contributed by atoms with E-state index in [4.69, 9.17) is 0 Å². The largest absolute Gasteiger partial charge is 0.380 e. The summed E-state index contributed by atoms with van der Waals surface area (Å²) in [5.41, 5.74) is 0.277. The Hall–Kier alpha value is -1.19. The molecule has 2 rings (SSSR count). The standard InChI is InChI=1S/C13H16F3N/c1-13(2)4-3-8(7-13)17-12-6-10(15)9(14)5-11(12)16/h5-6,8,17H,3-4,7H2,1-2H3. The molecule has 1 aromatic rings. The van der Waals surface area contributed by atoms with Crippen LogP contribution >= 0.6 is 0 Å². The Kier molecular flexibility index (Phi) is 3.06. The number of hydrogen-bond acceptors (Lipinski definition) is 1. The fourth-order valence-electron chi connectivity index (χ4n) is 2.41. The van der Waals surface area contributed by atoms with E-state index in [2.05, 4.69) is 19.2 Å². The number of benzene rings is 1. The summed E-state index contributed by atoms with van der Waals surface area (Å²) in [6.07, 6.45) is 2.88. The molecular formula is C13H16F3N. The van der Waals surface area contributed by atoms with Crippen LogP contribution in [0.4, 0.5) is 18.9 Å². The second kappa shape index (κ2) is 4.24. The van der Waals surface area contributed by atoms with E-state index in [-0.39, 0.29) is 17.1 Å². The topological polar surface area (TPSA) is 12.0 Å². The third kappa shape index (κ3) is 2.73. The van der Waals surface area contributed by atoms with Crippen LogP contribution in [-0.2, 0) is 0 Å². The van der Waals surface area contributed by atoms with Gasteiger partial charge in [-0.05, 0) is 24.7 Å². The lowest BCUT2D eigenvalue weighted by Gasteiger charge is -2.19. The van der Waals surface area contributed by atoms with Crippen LogP contribution in [0, 0.1) is 22.9 Å². The van der Waals surface area contributed by atoms with Gasteiger partial charge in [0.25, 0.3) is 0 Å². The lowest BCUT2D eigenvalue weighted by Crippen LogP contribution is -2.18. The van der Waals surface area contributed by atoms with Gasteiger partial charge in [0.15, 0.2) is 11.6 Å². The van der Waals surface area contributed by atoms with Crippen molar-refractivity contribution in [2.75, 3.05) is 5.32 Å². The van der Waals surface area contributed by atoms with Gasteiger partial charge >= 0.3 is 0 Å². The predicted molar refractivity (Wildman–Crippen MR) is 61.4 cm³/mol. The van der Waals surface area contributed by atoms with Crippen molar-refractivity contribution < 1.29 is 13.2 Å². The molecule has 1 atom stereocenters. The minimum Gasteiger partial charge on any atom is -0.380 e. The van der Waals surface area contributed by atoms with E-state index in [0.29, 0.717) is 6.07 Å². The number of rotatable bonds is 2. The third-order valence-electron chi connectivity index (χ3n) is 3.34. The van der Waals surface area contributed by atoms with E-state index in [9.17, 15) is 13.2 Å². The van der Waals surface area contributed by atoms with Gasteiger partial charge in [0.1, 0.15) is 5.82 Å². The Morgan fingerprint density at radius 2 is 1.76 bits per heavy atom. The second-order valence-electron chi connectivity index (χ2n) is 5.49. The molecule has 0 saturated heterocycles. The van der Waals surface area contributed by atoms with E-state index in [1.165, 1.54) is 0 Å². The molecule has 1 saturated carbocycles. The van der Waals surface area contributed by atoms with E-state index >= 15 is 0 Å². The summed E-state index contributed by atoms with van der Waals surface area (Å²) in [6.45, 7) is 4.30. The van der Waals surface area contributed by atoms with Crippen LogP contribution in [0.2, 0.25) is 0 Å². The molecule has 0 spiro atoms. The fraction of sp³-hybridized carbons (Fsp3) is 0.538. The van der Waals surface area contributed by atoms with Crippen molar-refractivity contribution in [3.8, 4) is 0 Å². The first-order valence-corrected chi connectivity index (χ1v) is 5.78. The van der Waals surface area contributed by atoms with Gasteiger partial charge in [-0.1, -0.05) is 13.8 Å². The highest BCUT2D eigenvalue weighted by atomic mass is 19.2. The molecule has 0 aromatic heterocycles. The number of hydrogen-bond donors (Lipinski definition) is 1. The van der Waals surface area contributed by atoms with Crippen molar-refractivity contribution in [2.24, 2.45) is 5.41 Å². The first kappa shape index (κ1) is 12.3. The smallest absolute Gasteiger partial charge is 0.161 e. The number of anilines is 1. The lowest BCUT2D eigenvalue weighted by atomic mass is 9.92. The maximum absolute atomic E-state index is 13.4. The Balaban J connectivity index is 2.12. The summed E-state index contributed by atoms with van der Waals surface area (Å²) in [7, 11) is 0. The van der Waals surface area contributed by atoms with Crippen LogP contribution in [0.15, 0.2) is 12.1 Å². The monoisotopic (exact) mass is 243 g/mol. The maximum atomic E-state index is 13.4. The molecule has 4 heteroatoms. The van der Waals surface area contributed by atoms with Crippen molar-refractivity contribution in [2.45, 2.75) is 39.2 Å². The second-order valence-corrected chi connectivity index (χ2v) is 5.49. The molecule has 1 unspecified atom stereocenters. The first-order valence-electron chi connectivity index (χ1n) is 5.78. The Morgan fingerprint density at radius 1 is 1.12 bits per heavy atom. The highest BCUT2D eigenvalue weighted by Gasteiger charge is 2.31. The Labute approximate surface area is 99.0 Å². The quantitative estimate of drug-likeness (QED) is 0.771. The molecule has 0 aliphatic heterocycles. The van der Waals surface area contributed by atoms with Crippen molar-refractivity contribution in [1.82, 2.24) is 0 Å². The molecule has 1 nitrogen and oxygen atoms in total. The van der Waals surface area contributed by atoms with E-state index < -0.39 is 17.5 Å². The van der Waals surface area contributed by atoms with Gasteiger partial charge in [-0.3, -0.25) is 0 Å². The first-order chi connectivity index (χ1) is 7.87. The van der Waals surface area contributed by atoms with Gasteiger partial charge < -0.3 is 5.32 Å². The zero-order chi connectivity index (χ0) is 12.6. The third-order valence-corrected chi connectivity index (χ3v) is 3.34. The molecule has 1 aromatic carbocycles. The summed E-state index contributed by atoms with van der Waals surface area (Å²) >= 11 is 0. The van der Waals surface area contributed by atoms with Crippen LogP contribution in [0.5, 0.6) is 0 Å². The van der Waals surface area contributed by atoms with Gasteiger partial charge in [0.2, 0.25) is 0 Å². The highest BCUT2D eigenvalue weighted by molar-refractivity contribution is 5.46. The van der Waals surface area contributed by atoms with Gasteiger partial charge in [0, 0.05) is 18.2 Å². The Morgan fingerprint density at radius 3 is 2.35 bits per heavy atom. The van der Waals surface area contributed by atoms with E-state index in [0.717, 1.165) is 25.3 Å². The average molecular weight is 243 g/mol. The summed E-state index contributed by atoms with van der Waals surface area (Å²) in [6, 6.07) is 1.60. The van der Waals surface area contributed by atoms with E-state index in [1.807, 2.05) is 0 Å². The zero-order valence-electron chi connectivity index (χ0n) is 9.99. The van der Waals surface area contributed by atoms with Gasteiger partial charge in [-0.25, -0.2) is 13.2 Å². The molecule has 1 fully saturated rings. The van der Waals surface area contributed by atoms with E-state index in [1.54, 1.807) is 0 Å².